The maximum absolute atomic E-state index is 12.5. The number of carbonyl (C=O) groups excluding carboxylic acids is 2. The number of anilines is 2. The number of amides is 1. The van der Waals surface area contributed by atoms with Gasteiger partial charge in [-0.2, -0.15) is 0 Å². The molecular formula is C23H28N4O4. The average molecular weight is 425 g/mol. The van der Waals surface area contributed by atoms with Gasteiger partial charge in [0.25, 0.3) is 5.91 Å². The normalized spacial score (nSPS) is 16.8. The molecule has 2 saturated heterocycles. The topological polar surface area (TPSA) is 84.0 Å². The van der Waals surface area contributed by atoms with Crippen molar-refractivity contribution in [3.8, 4) is 0 Å². The van der Waals surface area contributed by atoms with E-state index in [1.165, 1.54) is 5.56 Å². The first-order chi connectivity index (χ1) is 15.2. The van der Waals surface area contributed by atoms with Crippen molar-refractivity contribution in [2.45, 2.75) is 19.4 Å². The van der Waals surface area contributed by atoms with Crippen LogP contribution in [0, 0.1) is 0 Å². The highest BCUT2D eigenvalue weighted by atomic mass is 16.5. The zero-order valence-electron chi connectivity index (χ0n) is 17.6. The van der Waals surface area contributed by atoms with Crippen LogP contribution in [-0.4, -0.2) is 67.8 Å². The maximum atomic E-state index is 12.5. The SMILES string of the molecule is O=C(COC(=O)c1cccnc1N1CCCC1)Nc1ccc(CN2CCOCC2)cc1. The molecule has 0 spiro atoms. The van der Waals surface area contributed by atoms with Crippen LogP contribution in [-0.2, 0) is 20.8 Å². The molecule has 3 heterocycles. The van der Waals surface area contributed by atoms with Crippen LogP contribution in [0.15, 0.2) is 42.6 Å². The third-order valence-electron chi connectivity index (χ3n) is 5.49. The van der Waals surface area contributed by atoms with E-state index in [0.29, 0.717) is 17.1 Å². The van der Waals surface area contributed by atoms with Gasteiger partial charge in [0, 0.05) is 44.6 Å². The molecule has 0 unspecified atom stereocenters. The lowest BCUT2D eigenvalue weighted by molar-refractivity contribution is -0.119. The quantitative estimate of drug-likeness (QED) is 0.683. The summed E-state index contributed by atoms with van der Waals surface area (Å²) in [7, 11) is 0. The number of rotatable bonds is 7. The largest absolute Gasteiger partial charge is 0.452 e. The maximum Gasteiger partial charge on any atom is 0.342 e. The molecule has 0 bridgehead atoms. The summed E-state index contributed by atoms with van der Waals surface area (Å²) in [6.07, 6.45) is 3.83. The zero-order chi connectivity index (χ0) is 21.5. The number of aromatic nitrogens is 1. The molecular weight excluding hydrogens is 396 g/mol. The van der Waals surface area contributed by atoms with Gasteiger partial charge in [0.2, 0.25) is 0 Å². The Kier molecular flexibility index (Phi) is 7.11. The van der Waals surface area contributed by atoms with Gasteiger partial charge in [0.05, 0.1) is 13.2 Å². The van der Waals surface area contributed by atoms with E-state index < -0.39 is 5.97 Å². The fourth-order valence-corrected chi connectivity index (χ4v) is 3.85. The Balaban J connectivity index is 1.27. The van der Waals surface area contributed by atoms with Crippen LogP contribution in [0.5, 0.6) is 0 Å². The third kappa shape index (κ3) is 5.80. The Bertz CT molecular complexity index is 891. The molecule has 1 aromatic heterocycles. The third-order valence-corrected chi connectivity index (χ3v) is 5.49. The van der Waals surface area contributed by atoms with Crippen molar-refractivity contribution in [2.24, 2.45) is 0 Å². The molecule has 2 aliphatic rings. The number of morpholine rings is 1. The number of esters is 1. The Labute approximate surface area is 182 Å². The highest BCUT2D eigenvalue weighted by Gasteiger charge is 2.22. The number of benzene rings is 1. The van der Waals surface area contributed by atoms with Gasteiger partial charge in [0.1, 0.15) is 11.4 Å². The molecule has 8 nitrogen and oxygen atoms in total. The van der Waals surface area contributed by atoms with Crippen molar-refractivity contribution in [2.75, 3.05) is 56.2 Å². The molecule has 8 heteroatoms. The Hall–Kier alpha value is -2.97. The predicted molar refractivity (Wildman–Crippen MR) is 117 cm³/mol. The highest BCUT2D eigenvalue weighted by molar-refractivity contribution is 5.98. The van der Waals surface area contributed by atoms with Gasteiger partial charge in [-0.3, -0.25) is 9.69 Å². The van der Waals surface area contributed by atoms with E-state index in [1.807, 2.05) is 24.3 Å². The highest BCUT2D eigenvalue weighted by Crippen LogP contribution is 2.22. The van der Waals surface area contributed by atoms with E-state index in [9.17, 15) is 9.59 Å². The second kappa shape index (κ2) is 10.4. The second-order valence-corrected chi connectivity index (χ2v) is 7.78. The summed E-state index contributed by atoms with van der Waals surface area (Å²) in [5.41, 5.74) is 2.24. The molecule has 164 valence electrons. The number of nitrogens with zero attached hydrogens (tertiary/aromatic N) is 3. The molecule has 2 aliphatic heterocycles. The van der Waals surface area contributed by atoms with Crippen molar-refractivity contribution in [1.82, 2.24) is 9.88 Å². The van der Waals surface area contributed by atoms with Crippen molar-refractivity contribution in [3.63, 3.8) is 0 Å². The van der Waals surface area contributed by atoms with Gasteiger partial charge in [-0.25, -0.2) is 9.78 Å². The number of hydrogen-bond acceptors (Lipinski definition) is 7. The first-order valence-corrected chi connectivity index (χ1v) is 10.7. The molecule has 0 atom stereocenters. The van der Waals surface area contributed by atoms with Crippen LogP contribution in [0.2, 0.25) is 0 Å². The van der Waals surface area contributed by atoms with E-state index in [0.717, 1.165) is 58.8 Å². The average Bonchev–Trinajstić information content (AvgIpc) is 3.34. The number of hydrogen-bond donors (Lipinski definition) is 1. The number of nitrogens with one attached hydrogen (secondary N) is 1. The van der Waals surface area contributed by atoms with E-state index in [4.69, 9.17) is 9.47 Å². The second-order valence-electron chi connectivity index (χ2n) is 7.78. The molecule has 2 fully saturated rings. The molecule has 1 aromatic carbocycles. The number of carbonyl (C=O) groups is 2. The number of ether oxygens (including phenoxy) is 2. The van der Waals surface area contributed by atoms with Gasteiger partial charge in [0.15, 0.2) is 6.61 Å². The van der Waals surface area contributed by atoms with Crippen LogP contribution < -0.4 is 10.2 Å². The summed E-state index contributed by atoms with van der Waals surface area (Å²) < 4.78 is 10.6. The van der Waals surface area contributed by atoms with Crippen molar-refractivity contribution in [1.29, 1.82) is 0 Å². The fraction of sp³-hybridized carbons (Fsp3) is 0.435. The van der Waals surface area contributed by atoms with Gasteiger partial charge in [-0.15, -0.1) is 0 Å². The van der Waals surface area contributed by atoms with Crippen LogP contribution in [0.4, 0.5) is 11.5 Å². The first-order valence-electron chi connectivity index (χ1n) is 10.7. The Morgan fingerprint density at radius 3 is 2.52 bits per heavy atom. The lowest BCUT2D eigenvalue weighted by Crippen LogP contribution is -2.35. The summed E-state index contributed by atoms with van der Waals surface area (Å²) in [6, 6.07) is 11.1. The Morgan fingerprint density at radius 1 is 1.03 bits per heavy atom. The van der Waals surface area contributed by atoms with Crippen LogP contribution in [0.3, 0.4) is 0 Å². The van der Waals surface area contributed by atoms with Gasteiger partial charge >= 0.3 is 5.97 Å². The predicted octanol–water partition coefficient (Wildman–Crippen LogP) is 2.31. The molecule has 4 rings (SSSR count). The molecule has 0 aliphatic carbocycles. The van der Waals surface area contributed by atoms with Crippen molar-refractivity contribution < 1.29 is 19.1 Å². The van der Waals surface area contributed by atoms with Gasteiger partial charge in [-0.05, 0) is 42.7 Å². The smallest absolute Gasteiger partial charge is 0.342 e. The molecule has 31 heavy (non-hydrogen) atoms. The minimum atomic E-state index is -0.536. The summed E-state index contributed by atoms with van der Waals surface area (Å²) in [6.45, 7) is 5.67. The molecule has 0 radical (unpaired) electrons. The van der Waals surface area contributed by atoms with Gasteiger partial charge < -0.3 is 19.7 Å². The van der Waals surface area contributed by atoms with E-state index >= 15 is 0 Å². The number of pyridine rings is 1. The van der Waals surface area contributed by atoms with Crippen LogP contribution in [0.25, 0.3) is 0 Å². The van der Waals surface area contributed by atoms with Crippen LogP contribution >= 0.6 is 0 Å². The van der Waals surface area contributed by atoms with E-state index in [-0.39, 0.29) is 12.5 Å². The Morgan fingerprint density at radius 2 is 1.77 bits per heavy atom. The van der Waals surface area contributed by atoms with E-state index in [2.05, 4.69) is 20.1 Å². The lowest BCUT2D eigenvalue weighted by atomic mass is 10.2. The zero-order valence-corrected chi connectivity index (χ0v) is 17.6. The van der Waals surface area contributed by atoms with Crippen molar-refractivity contribution in [3.05, 3.63) is 53.7 Å². The molecule has 1 N–H and O–H groups in total. The monoisotopic (exact) mass is 424 g/mol. The minimum absolute atomic E-state index is 0.345. The van der Waals surface area contributed by atoms with Crippen LogP contribution in [0.1, 0.15) is 28.8 Å². The fourth-order valence-electron chi connectivity index (χ4n) is 3.85. The summed E-state index contributed by atoms with van der Waals surface area (Å²) in [5.74, 6) is -0.284. The molecule has 1 amide bonds. The van der Waals surface area contributed by atoms with E-state index in [1.54, 1.807) is 18.3 Å². The summed E-state index contributed by atoms with van der Waals surface area (Å²) >= 11 is 0. The van der Waals surface area contributed by atoms with Crippen molar-refractivity contribution >= 4 is 23.4 Å². The minimum Gasteiger partial charge on any atom is -0.452 e. The first kappa shape index (κ1) is 21.3. The summed E-state index contributed by atoms with van der Waals surface area (Å²) in [5, 5.41) is 2.77. The standard InChI is InChI=1S/C23H28N4O4/c28-21(25-19-7-5-18(6-8-19)16-26-12-14-30-15-13-26)17-31-23(29)20-4-3-9-24-22(20)27-10-1-2-11-27/h3-9H,1-2,10-17H2,(H,25,28). The molecule has 2 aromatic rings. The van der Waals surface area contributed by atoms with Gasteiger partial charge in [-0.1, -0.05) is 12.1 Å². The molecule has 0 saturated carbocycles. The summed E-state index contributed by atoms with van der Waals surface area (Å²) in [4.78, 5) is 33.5. The lowest BCUT2D eigenvalue weighted by Gasteiger charge is -2.26.